The predicted octanol–water partition coefficient (Wildman–Crippen LogP) is 4.51. The highest BCUT2D eigenvalue weighted by molar-refractivity contribution is 7.39. The van der Waals surface area contributed by atoms with Gasteiger partial charge in [0.15, 0.2) is 0 Å². The molecule has 0 spiro atoms. The summed E-state index contributed by atoms with van der Waals surface area (Å²) in [5.41, 5.74) is 0. The molecule has 0 nitrogen and oxygen atoms in total. The van der Waals surface area contributed by atoms with Gasteiger partial charge in [0.2, 0.25) is 0 Å². The van der Waals surface area contributed by atoms with Crippen molar-refractivity contribution in [2.45, 2.75) is 0 Å². The lowest BCUT2D eigenvalue weighted by Gasteiger charge is -1.96. The zero-order valence-corrected chi connectivity index (χ0v) is 8.30. The number of hydrogen-bond acceptors (Lipinski definition) is 0. The summed E-state index contributed by atoms with van der Waals surface area (Å²) in [6.07, 6.45) is 0. The van der Waals surface area contributed by atoms with Crippen LogP contribution in [0.1, 0.15) is 0 Å². The molecule has 2 rings (SSSR count). The zero-order chi connectivity index (χ0) is 8.23. The molecule has 0 atom stereocenters. The van der Waals surface area contributed by atoms with E-state index in [2.05, 4.69) is 48.0 Å². The van der Waals surface area contributed by atoms with Gasteiger partial charge in [-0.05, 0) is 23.7 Å². The Kier molecular flexibility index (Phi) is 2.51. The predicted molar refractivity (Wildman–Crippen MR) is 56.9 cm³/mol. The van der Waals surface area contributed by atoms with Gasteiger partial charge in [-0.25, -0.2) is 0 Å². The molecular weight excluding hydrogens is 182 g/mol. The molecule has 2 aromatic heterocycles. The van der Waals surface area contributed by atoms with Crippen LogP contribution in [0, 0.1) is 0 Å². The Morgan fingerprint density at radius 3 is 1.50 bits per heavy atom. The van der Waals surface area contributed by atoms with Crippen LogP contribution in [0.25, 0.3) is 10.6 Å². The third kappa shape index (κ3) is 1.72. The van der Waals surface area contributed by atoms with E-state index in [0.717, 1.165) is 0 Å². The van der Waals surface area contributed by atoms with E-state index in [-0.39, 0.29) is 0 Å². The zero-order valence-electron chi connectivity index (χ0n) is 6.51. The second-order valence-corrected chi connectivity index (χ2v) is 4.51. The molecule has 0 radical (unpaired) electrons. The maximum absolute atomic E-state index is 2.19. The largest absolute Gasteiger partial charge is 0.0675 e. The van der Waals surface area contributed by atoms with Crippen LogP contribution in [0.2, 0.25) is 0 Å². The Morgan fingerprint density at radius 2 is 1.17 bits per heavy atom. The van der Waals surface area contributed by atoms with Crippen LogP contribution in [0.4, 0.5) is 0 Å². The summed E-state index contributed by atoms with van der Waals surface area (Å²) in [6, 6.07) is 12.7. The molecule has 0 saturated carbocycles. The summed E-state index contributed by atoms with van der Waals surface area (Å²) < 4.78 is 0. The second-order valence-electron chi connectivity index (χ2n) is 2.43. The SMILES string of the molecule is c1ccc(-c2ccccp2)pc1. The van der Waals surface area contributed by atoms with Crippen molar-refractivity contribution in [3.8, 4) is 10.6 Å². The van der Waals surface area contributed by atoms with Crippen molar-refractivity contribution in [1.82, 2.24) is 0 Å². The summed E-state index contributed by atoms with van der Waals surface area (Å²) in [5.74, 6) is 4.34. The molecule has 2 heterocycles. The Balaban J connectivity index is 2.46. The van der Waals surface area contributed by atoms with E-state index in [9.17, 15) is 0 Å². The van der Waals surface area contributed by atoms with Gasteiger partial charge in [-0.3, -0.25) is 0 Å². The molecule has 0 fully saturated rings. The van der Waals surface area contributed by atoms with Gasteiger partial charge in [-0.15, -0.1) is 0 Å². The van der Waals surface area contributed by atoms with Crippen LogP contribution in [-0.2, 0) is 0 Å². The first-order chi connectivity index (χ1) is 5.97. The average Bonchev–Trinajstić information content (AvgIpc) is 2.21. The van der Waals surface area contributed by atoms with Gasteiger partial charge in [0.05, 0.1) is 0 Å². The molecule has 2 aromatic rings. The van der Waals surface area contributed by atoms with Crippen LogP contribution in [-0.4, -0.2) is 0 Å². The van der Waals surface area contributed by atoms with Crippen LogP contribution in [0.15, 0.2) is 48.0 Å². The third-order valence-corrected chi connectivity index (χ3v) is 3.75. The van der Waals surface area contributed by atoms with Gasteiger partial charge in [-0.2, -0.15) is 0 Å². The van der Waals surface area contributed by atoms with Crippen LogP contribution < -0.4 is 0 Å². The molecule has 0 aliphatic rings. The number of hydrogen-bond donors (Lipinski definition) is 0. The monoisotopic (exact) mass is 190 g/mol. The van der Waals surface area contributed by atoms with Gasteiger partial charge >= 0.3 is 0 Å². The first-order valence-corrected chi connectivity index (χ1v) is 5.72. The maximum Gasteiger partial charge on any atom is 0.0136 e. The van der Waals surface area contributed by atoms with Gasteiger partial charge < -0.3 is 0 Å². The van der Waals surface area contributed by atoms with E-state index >= 15 is 0 Å². The maximum atomic E-state index is 2.19. The van der Waals surface area contributed by atoms with Crippen molar-refractivity contribution in [2.24, 2.45) is 0 Å². The highest BCUT2D eigenvalue weighted by Crippen LogP contribution is 2.32. The Labute approximate surface area is 75.5 Å². The van der Waals surface area contributed by atoms with Crippen LogP contribution >= 0.6 is 16.4 Å². The van der Waals surface area contributed by atoms with E-state index in [1.54, 1.807) is 0 Å². The third-order valence-electron chi connectivity index (χ3n) is 1.59. The Morgan fingerprint density at radius 1 is 0.667 bits per heavy atom. The van der Waals surface area contributed by atoms with E-state index in [1.165, 1.54) is 27.0 Å². The van der Waals surface area contributed by atoms with Crippen molar-refractivity contribution in [3.63, 3.8) is 0 Å². The average molecular weight is 190 g/mol. The Bertz CT molecular complexity index is 305. The second kappa shape index (κ2) is 3.81. The smallest absolute Gasteiger partial charge is 0.0136 e. The van der Waals surface area contributed by atoms with Crippen molar-refractivity contribution in [2.75, 3.05) is 0 Å². The molecule has 0 N–H and O–H groups in total. The van der Waals surface area contributed by atoms with Crippen LogP contribution in [0.5, 0.6) is 0 Å². The molecule has 58 valence electrons. The first kappa shape index (κ1) is 7.92. The van der Waals surface area contributed by atoms with E-state index < -0.39 is 0 Å². The summed E-state index contributed by atoms with van der Waals surface area (Å²) >= 11 is 0. The fourth-order valence-electron chi connectivity index (χ4n) is 1.03. The van der Waals surface area contributed by atoms with Gasteiger partial charge in [-0.1, -0.05) is 40.7 Å². The van der Waals surface area contributed by atoms with Gasteiger partial charge in [0.25, 0.3) is 0 Å². The van der Waals surface area contributed by atoms with Gasteiger partial charge in [0, 0.05) is 10.6 Å². The van der Waals surface area contributed by atoms with E-state index in [1.807, 2.05) is 0 Å². The van der Waals surface area contributed by atoms with Crippen molar-refractivity contribution in [3.05, 3.63) is 48.0 Å². The van der Waals surface area contributed by atoms with Crippen LogP contribution in [0.3, 0.4) is 0 Å². The van der Waals surface area contributed by atoms with E-state index in [4.69, 9.17) is 0 Å². The minimum absolute atomic E-state index is 1.32. The lowest BCUT2D eigenvalue weighted by Crippen LogP contribution is -1.64. The lowest BCUT2D eigenvalue weighted by atomic mass is 10.3. The molecule has 0 aliphatic carbocycles. The number of rotatable bonds is 1. The van der Waals surface area contributed by atoms with E-state index in [0.29, 0.717) is 0 Å². The summed E-state index contributed by atoms with van der Waals surface area (Å²) in [4.78, 5) is 0. The van der Waals surface area contributed by atoms with Crippen molar-refractivity contribution >= 4 is 16.4 Å². The quantitative estimate of drug-likeness (QED) is 0.620. The molecule has 0 unspecified atom stereocenters. The minimum Gasteiger partial charge on any atom is -0.0675 e. The Hall–Kier alpha value is -0.700. The summed E-state index contributed by atoms with van der Waals surface area (Å²) in [5, 5.41) is 2.83. The normalized spacial score (nSPS) is 11.0. The van der Waals surface area contributed by atoms with Gasteiger partial charge in [0.1, 0.15) is 0 Å². The standard InChI is InChI=1S/C10H8P2/c1-3-7-11-9(5-1)10-6-2-4-8-12-10/h1-8H. The highest BCUT2D eigenvalue weighted by Gasteiger charge is 1.93. The lowest BCUT2D eigenvalue weighted by molar-refractivity contribution is 1.81. The van der Waals surface area contributed by atoms with Crippen molar-refractivity contribution in [1.29, 1.82) is 0 Å². The summed E-state index contributed by atoms with van der Waals surface area (Å²) in [6.45, 7) is 0. The topological polar surface area (TPSA) is 0 Å². The fourth-order valence-corrected chi connectivity index (χ4v) is 2.82. The molecule has 0 aromatic carbocycles. The molecule has 0 amide bonds. The molecule has 12 heavy (non-hydrogen) atoms. The fraction of sp³-hybridized carbons (Fsp3) is 0. The molecule has 0 saturated heterocycles. The highest BCUT2D eigenvalue weighted by atomic mass is 31.0. The molecule has 0 bridgehead atoms. The van der Waals surface area contributed by atoms with Crippen molar-refractivity contribution < 1.29 is 0 Å². The molecular formula is C10H8P2. The molecule has 0 aliphatic heterocycles. The summed E-state index contributed by atoms with van der Waals surface area (Å²) in [7, 11) is 2.63. The minimum atomic E-state index is 1.32. The first-order valence-electron chi connectivity index (χ1n) is 3.79. The molecule has 2 heteroatoms.